The third-order valence-corrected chi connectivity index (χ3v) is 1.89. The lowest BCUT2D eigenvalue weighted by Gasteiger charge is -2.10. The van der Waals surface area contributed by atoms with Gasteiger partial charge < -0.3 is 5.32 Å². The van der Waals surface area contributed by atoms with Crippen LogP contribution < -0.4 is 5.32 Å². The minimum atomic E-state index is 0.597. The summed E-state index contributed by atoms with van der Waals surface area (Å²) in [7, 11) is 0. The van der Waals surface area contributed by atoms with E-state index < -0.39 is 0 Å². The summed E-state index contributed by atoms with van der Waals surface area (Å²) in [5, 5.41) is 3.19. The van der Waals surface area contributed by atoms with E-state index in [1.165, 1.54) is 0 Å². The highest BCUT2D eigenvalue weighted by atomic mass is 32.1. The first kappa shape index (κ1) is 11.4. The number of hydrogen-bond acceptors (Lipinski definition) is 3. The van der Waals surface area contributed by atoms with Gasteiger partial charge in [0, 0.05) is 12.4 Å². The molecule has 0 fully saturated rings. The summed E-state index contributed by atoms with van der Waals surface area (Å²) in [6.07, 6.45) is 3.33. The number of rotatable bonds is 5. The van der Waals surface area contributed by atoms with Crippen LogP contribution in [0.5, 0.6) is 0 Å². The molecule has 0 radical (unpaired) electrons. The van der Waals surface area contributed by atoms with Crippen LogP contribution in [0.15, 0.2) is 11.0 Å². The van der Waals surface area contributed by atoms with Gasteiger partial charge in [-0.25, -0.2) is 0 Å². The Bertz CT molecular complexity index is 119. The van der Waals surface area contributed by atoms with E-state index in [1.54, 1.807) is 0 Å². The predicted octanol–water partition coefficient (Wildman–Crippen LogP) is 2.32. The zero-order valence-electron chi connectivity index (χ0n) is 7.17. The summed E-state index contributed by atoms with van der Waals surface area (Å²) in [5.74, 6) is 1.34. The summed E-state index contributed by atoms with van der Waals surface area (Å²) >= 11 is 8.30. The summed E-state index contributed by atoms with van der Waals surface area (Å²) in [5.41, 5.74) is 0. The molecular weight excluding hydrogens is 174 g/mol. The van der Waals surface area contributed by atoms with Crippen molar-refractivity contribution < 1.29 is 0 Å². The molecule has 0 aliphatic heterocycles. The molecule has 0 heterocycles. The molecule has 0 aromatic rings. The highest BCUT2D eigenvalue weighted by molar-refractivity contribution is 7.84. The van der Waals surface area contributed by atoms with E-state index in [9.17, 15) is 0 Å². The number of nitrogens with one attached hydrogen (secondary N) is 1. The molecule has 1 unspecified atom stereocenters. The van der Waals surface area contributed by atoms with Crippen LogP contribution in [-0.4, -0.2) is 12.4 Å². The Morgan fingerprint density at radius 3 is 2.64 bits per heavy atom. The Balaban J connectivity index is 3.67. The fourth-order valence-corrected chi connectivity index (χ4v) is 1.25. The lowest BCUT2D eigenvalue weighted by atomic mass is 10.1. The lowest BCUT2D eigenvalue weighted by Crippen LogP contribution is -2.19. The van der Waals surface area contributed by atoms with E-state index in [2.05, 4.69) is 43.6 Å². The zero-order valence-corrected chi connectivity index (χ0v) is 8.96. The van der Waals surface area contributed by atoms with Crippen LogP contribution in [0.4, 0.5) is 0 Å². The van der Waals surface area contributed by atoms with Gasteiger partial charge in [0.2, 0.25) is 0 Å². The van der Waals surface area contributed by atoms with Crippen LogP contribution in [0.25, 0.3) is 0 Å². The first-order valence-electron chi connectivity index (χ1n) is 3.89. The second-order valence-electron chi connectivity index (χ2n) is 2.59. The van der Waals surface area contributed by atoms with Gasteiger partial charge in [0.25, 0.3) is 0 Å². The Morgan fingerprint density at radius 2 is 2.27 bits per heavy atom. The number of thiol groups is 2. The SMILES string of the molecule is CCC(/C=C(\C)S)CNCS. The molecule has 0 bridgehead atoms. The summed E-state index contributed by atoms with van der Waals surface area (Å²) < 4.78 is 0. The number of hydrogen-bond donors (Lipinski definition) is 3. The van der Waals surface area contributed by atoms with Gasteiger partial charge in [-0.05, 0) is 24.2 Å². The van der Waals surface area contributed by atoms with Crippen molar-refractivity contribution in [2.45, 2.75) is 20.3 Å². The Labute approximate surface area is 80.5 Å². The monoisotopic (exact) mass is 191 g/mol. The molecule has 1 atom stereocenters. The summed E-state index contributed by atoms with van der Waals surface area (Å²) in [6, 6.07) is 0. The van der Waals surface area contributed by atoms with Gasteiger partial charge in [0.15, 0.2) is 0 Å². The Hall–Kier alpha value is 0.400. The molecule has 0 aliphatic carbocycles. The second kappa shape index (κ2) is 7.07. The fourth-order valence-electron chi connectivity index (χ4n) is 0.912. The van der Waals surface area contributed by atoms with Crippen molar-refractivity contribution in [3.63, 3.8) is 0 Å². The van der Waals surface area contributed by atoms with E-state index in [-0.39, 0.29) is 0 Å². The number of allylic oxidation sites excluding steroid dienone is 1. The van der Waals surface area contributed by atoms with Crippen LogP contribution in [0.3, 0.4) is 0 Å². The highest BCUT2D eigenvalue weighted by Gasteiger charge is 2.00. The van der Waals surface area contributed by atoms with Crippen LogP contribution in [0.2, 0.25) is 0 Å². The van der Waals surface area contributed by atoms with Crippen LogP contribution in [0, 0.1) is 5.92 Å². The van der Waals surface area contributed by atoms with Gasteiger partial charge in [-0.1, -0.05) is 13.0 Å². The zero-order chi connectivity index (χ0) is 8.69. The Kier molecular flexibility index (Phi) is 7.33. The molecule has 1 nitrogen and oxygen atoms in total. The topological polar surface area (TPSA) is 12.0 Å². The molecule has 0 amide bonds. The van der Waals surface area contributed by atoms with Crippen LogP contribution in [0.1, 0.15) is 20.3 Å². The Morgan fingerprint density at radius 1 is 1.64 bits per heavy atom. The lowest BCUT2D eigenvalue weighted by molar-refractivity contribution is 0.575. The van der Waals surface area contributed by atoms with E-state index in [4.69, 9.17) is 0 Å². The first-order chi connectivity index (χ1) is 5.20. The van der Waals surface area contributed by atoms with Crippen LogP contribution >= 0.6 is 25.3 Å². The first-order valence-corrected chi connectivity index (χ1v) is 4.97. The van der Waals surface area contributed by atoms with Crippen LogP contribution in [-0.2, 0) is 0 Å². The van der Waals surface area contributed by atoms with Gasteiger partial charge in [0.1, 0.15) is 0 Å². The van der Waals surface area contributed by atoms with Gasteiger partial charge in [-0.15, -0.1) is 12.6 Å². The molecule has 0 spiro atoms. The second-order valence-corrected chi connectivity index (χ2v) is 3.61. The van der Waals surface area contributed by atoms with E-state index in [1.807, 2.05) is 6.92 Å². The predicted molar refractivity (Wildman–Crippen MR) is 58.4 cm³/mol. The van der Waals surface area contributed by atoms with Crippen molar-refractivity contribution in [1.82, 2.24) is 5.32 Å². The molecule has 11 heavy (non-hydrogen) atoms. The molecule has 0 aromatic carbocycles. The van der Waals surface area contributed by atoms with Gasteiger partial charge in [-0.2, -0.15) is 12.6 Å². The third-order valence-electron chi connectivity index (χ3n) is 1.52. The molecule has 0 aliphatic rings. The smallest absolute Gasteiger partial charge is 0.0387 e. The fraction of sp³-hybridized carbons (Fsp3) is 0.750. The maximum Gasteiger partial charge on any atom is 0.0387 e. The summed E-state index contributed by atoms with van der Waals surface area (Å²) in [6.45, 7) is 5.18. The molecular formula is C8H17NS2. The minimum Gasteiger partial charge on any atom is -0.308 e. The molecule has 1 N–H and O–H groups in total. The van der Waals surface area contributed by atoms with Crippen molar-refractivity contribution in [3.05, 3.63) is 11.0 Å². The van der Waals surface area contributed by atoms with Crippen molar-refractivity contribution >= 4 is 25.3 Å². The van der Waals surface area contributed by atoms with E-state index >= 15 is 0 Å². The summed E-state index contributed by atoms with van der Waals surface area (Å²) in [4.78, 5) is 1.10. The van der Waals surface area contributed by atoms with Crippen molar-refractivity contribution in [1.29, 1.82) is 0 Å². The molecule has 66 valence electrons. The maximum absolute atomic E-state index is 4.23. The quantitative estimate of drug-likeness (QED) is 0.447. The van der Waals surface area contributed by atoms with Gasteiger partial charge >= 0.3 is 0 Å². The molecule has 0 saturated carbocycles. The largest absolute Gasteiger partial charge is 0.308 e. The standard InChI is InChI=1S/C8H17NS2/c1-3-8(4-7(2)11)5-9-6-10/h4,8-11H,3,5-6H2,1-2H3/b7-4+. The molecule has 3 heteroatoms. The van der Waals surface area contributed by atoms with E-state index in [0.717, 1.165) is 23.7 Å². The average Bonchev–Trinajstić information content (AvgIpc) is 1.97. The van der Waals surface area contributed by atoms with Gasteiger partial charge in [0.05, 0.1) is 0 Å². The average molecular weight is 191 g/mol. The molecule has 0 aromatic heterocycles. The normalized spacial score (nSPS) is 15.1. The van der Waals surface area contributed by atoms with E-state index in [0.29, 0.717) is 5.92 Å². The van der Waals surface area contributed by atoms with Crippen molar-refractivity contribution in [3.8, 4) is 0 Å². The van der Waals surface area contributed by atoms with Crippen molar-refractivity contribution in [2.75, 3.05) is 12.4 Å². The highest BCUT2D eigenvalue weighted by Crippen LogP contribution is 2.08. The van der Waals surface area contributed by atoms with Crippen molar-refractivity contribution in [2.24, 2.45) is 5.92 Å². The maximum atomic E-state index is 4.23. The molecule has 0 saturated heterocycles. The van der Waals surface area contributed by atoms with Gasteiger partial charge in [-0.3, -0.25) is 0 Å². The minimum absolute atomic E-state index is 0.597. The molecule has 0 rings (SSSR count). The third kappa shape index (κ3) is 6.78.